The Labute approximate surface area is 62.1 Å². The third kappa shape index (κ3) is 1.44. The normalized spacial score (nSPS) is 32.2. The summed E-state index contributed by atoms with van der Waals surface area (Å²) in [4.78, 5) is 2.59. The van der Waals surface area contributed by atoms with Crippen LogP contribution >= 0.6 is 15.9 Å². The van der Waals surface area contributed by atoms with Crippen LogP contribution in [-0.2, 0) is 0 Å². The molecule has 0 spiro atoms. The molecule has 1 fully saturated rings. The monoisotopic (exact) mass is 191 g/mol. The minimum absolute atomic E-state index is 0.0185. The Morgan fingerprint density at radius 3 is 2.89 bits per heavy atom. The highest BCUT2D eigenvalue weighted by molar-refractivity contribution is 9.12. The molecule has 50 valence electrons. The van der Waals surface area contributed by atoms with Gasteiger partial charge in [-0.05, 0) is 4.83 Å². The van der Waals surface area contributed by atoms with Gasteiger partial charge >= 0.3 is 0 Å². The molecule has 0 unspecified atom stereocenters. The van der Waals surface area contributed by atoms with Crippen molar-refractivity contribution in [1.29, 1.82) is 0 Å². The van der Waals surface area contributed by atoms with E-state index < -0.39 is 0 Å². The van der Waals surface area contributed by atoms with E-state index in [2.05, 4.69) is 32.0 Å². The van der Waals surface area contributed by atoms with Gasteiger partial charge in [0.15, 0.2) is 0 Å². The lowest BCUT2D eigenvalue weighted by atomic mass is 9.94. The van der Waals surface area contributed by atoms with Crippen LogP contribution in [0.1, 0.15) is 0 Å². The highest BCUT2D eigenvalue weighted by atomic mass is 79.9. The summed E-state index contributed by atoms with van der Waals surface area (Å²) in [7, 11) is 0. The van der Waals surface area contributed by atoms with Gasteiger partial charge in [0.1, 0.15) is 6.67 Å². The molecule has 1 aliphatic rings. The third-order valence-electron chi connectivity index (χ3n) is 1.49. The molecule has 1 rings (SSSR count). The van der Waals surface area contributed by atoms with Crippen LogP contribution in [0.15, 0.2) is 0 Å². The molecule has 0 aromatic rings. The molecule has 1 nitrogen and oxygen atoms in total. The summed E-state index contributed by atoms with van der Waals surface area (Å²) in [5.74, 6) is 3.06. The Balaban J connectivity index is 2.33. The fraction of sp³-hybridized carbons (Fsp3) is 0.667. The Bertz CT molecular complexity index is 147. The lowest BCUT2D eigenvalue weighted by molar-refractivity contribution is 0.237. The first-order valence-electron chi connectivity index (χ1n) is 2.79. The molecule has 1 N–H and O–H groups in total. The highest BCUT2D eigenvalue weighted by Crippen LogP contribution is 2.11. The van der Waals surface area contributed by atoms with E-state index in [1.807, 2.05) is 0 Å². The molecular formula is C6H7BrFN. The van der Waals surface area contributed by atoms with Crippen LogP contribution < -0.4 is 5.32 Å². The molecule has 9 heavy (non-hydrogen) atoms. The first-order valence-corrected chi connectivity index (χ1v) is 3.58. The van der Waals surface area contributed by atoms with Gasteiger partial charge in [-0.3, -0.25) is 0 Å². The molecule has 2 atom stereocenters. The van der Waals surface area contributed by atoms with Crippen LogP contribution in [0.2, 0.25) is 0 Å². The summed E-state index contributed by atoms with van der Waals surface area (Å²) in [5.41, 5.74) is 0. The smallest absolute Gasteiger partial charge is 0.106 e. The number of nitrogens with one attached hydrogen (secondary N) is 1. The van der Waals surface area contributed by atoms with Crippen molar-refractivity contribution in [3.8, 4) is 10.8 Å². The van der Waals surface area contributed by atoms with Crippen LogP contribution in [0.3, 0.4) is 0 Å². The average Bonchev–Trinajstić information content (AvgIpc) is 1.82. The first kappa shape index (κ1) is 7.04. The number of hydrogen-bond acceptors (Lipinski definition) is 1. The Morgan fingerprint density at radius 2 is 2.56 bits per heavy atom. The zero-order valence-electron chi connectivity index (χ0n) is 4.82. The van der Waals surface area contributed by atoms with Crippen molar-refractivity contribution < 1.29 is 4.39 Å². The molecule has 1 saturated heterocycles. The van der Waals surface area contributed by atoms with Gasteiger partial charge < -0.3 is 5.32 Å². The number of halogens is 2. The van der Waals surface area contributed by atoms with Crippen molar-refractivity contribution in [3.63, 3.8) is 0 Å². The molecule has 0 saturated carbocycles. The van der Waals surface area contributed by atoms with E-state index in [1.165, 1.54) is 0 Å². The Morgan fingerprint density at radius 1 is 1.78 bits per heavy atom. The van der Waals surface area contributed by atoms with Gasteiger partial charge in [0.25, 0.3) is 0 Å². The summed E-state index contributed by atoms with van der Waals surface area (Å²) < 4.78 is 11.9. The zero-order valence-corrected chi connectivity index (χ0v) is 6.41. The fourth-order valence-corrected chi connectivity index (χ4v) is 1.08. The first-order chi connectivity index (χ1) is 4.38. The average molecular weight is 192 g/mol. The molecule has 3 heteroatoms. The van der Waals surface area contributed by atoms with Crippen LogP contribution in [-0.4, -0.2) is 19.3 Å². The van der Waals surface area contributed by atoms with Crippen LogP contribution in [0, 0.1) is 16.7 Å². The summed E-state index contributed by atoms with van der Waals surface area (Å²) in [5, 5.41) is 2.93. The molecule has 0 aromatic carbocycles. The second-order valence-electron chi connectivity index (χ2n) is 2.01. The SMILES string of the molecule is FC[C@H]1NC[C@@H]1C#CBr. The van der Waals surface area contributed by atoms with Crippen molar-refractivity contribution >= 4 is 15.9 Å². The fourth-order valence-electron chi connectivity index (χ4n) is 0.786. The second kappa shape index (κ2) is 3.19. The minimum atomic E-state index is -0.313. The predicted octanol–water partition coefficient (Wildman–Crippen LogP) is 0.900. The van der Waals surface area contributed by atoms with E-state index in [4.69, 9.17) is 0 Å². The molecule has 1 aliphatic heterocycles. The van der Waals surface area contributed by atoms with Gasteiger partial charge in [-0.25, -0.2) is 4.39 Å². The molecule has 0 amide bonds. The van der Waals surface area contributed by atoms with Crippen LogP contribution in [0.5, 0.6) is 0 Å². The summed E-state index contributed by atoms with van der Waals surface area (Å²) >= 11 is 2.97. The van der Waals surface area contributed by atoms with Gasteiger partial charge in [0.2, 0.25) is 0 Å². The van der Waals surface area contributed by atoms with E-state index in [0.717, 1.165) is 6.54 Å². The predicted molar refractivity (Wildman–Crippen MR) is 38.0 cm³/mol. The summed E-state index contributed by atoms with van der Waals surface area (Å²) in [6.45, 7) is 0.513. The minimum Gasteiger partial charge on any atom is -0.309 e. The lowest BCUT2D eigenvalue weighted by Gasteiger charge is -2.31. The van der Waals surface area contributed by atoms with E-state index >= 15 is 0 Å². The topological polar surface area (TPSA) is 12.0 Å². The molecule has 0 aliphatic carbocycles. The molecule has 1 heterocycles. The Kier molecular flexibility index (Phi) is 2.49. The van der Waals surface area contributed by atoms with E-state index in [0.29, 0.717) is 0 Å². The van der Waals surface area contributed by atoms with Crippen molar-refractivity contribution in [2.45, 2.75) is 6.04 Å². The largest absolute Gasteiger partial charge is 0.309 e. The van der Waals surface area contributed by atoms with E-state index in [-0.39, 0.29) is 18.6 Å². The van der Waals surface area contributed by atoms with Gasteiger partial charge in [0.05, 0.1) is 12.0 Å². The van der Waals surface area contributed by atoms with Crippen LogP contribution in [0.4, 0.5) is 4.39 Å². The van der Waals surface area contributed by atoms with Gasteiger partial charge in [0, 0.05) is 22.5 Å². The second-order valence-corrected chi connectivity index (χ2v) is 2.41. The van der Waals surface area contributed by atoms with Crippen molar-refractivity contribution in [3.05, 3.63) is 0 Å². The van der Waals surface area contributed by atoms with Gasteiger partial charge in [-0.1, -0.05) is 5.92 Å². The maximum absolute atomic E-state index is 11.9. The maximum atomic E-state index is 11.9. The van der Waals surface area contributed by atoms with Gasteiger partial charge in [-0.15, -0.1) is 0 Å². The third-order valence-corrected chi connectivity index (χ3v) is 1.72. The van der Waals surface area contributed by atoms with E-state index in [9.17, 15) is 4.39 Å². The lowest BCUT2D eigenvalue weighted by Crippen LogP contribution is -2.53. The van der Waals surface area contributed by atoms with Crippen LogP contribution in [0.25, 0.3) is 0 Å². The summed E-state index contributed by atoms with van der Waals surface area (Å²) in [6, 6.07) is -0.0185. The van der Waals surface area contributed by atoms with Crippen molar-refractivity contribution in [2.24, 2.45) is 5.92 Å². The van der Waals surface area contributed by atoms with Crippen molar-refractivity contribution in [2.75, 3.05) is 13.2 Å². The number of rotatable bonds is 1. The molecule has 0 bridgehead atoms. The molecule has 0 radical (unpaired) electrons. The maximum Gasteiger partial charge on any atom is 0.106 e. The summed E-state index contributed by atoms with van der Waals surface area (Å²) in [6.07, 6.45) is 0. The highest BCUT2D eigenvalue weighted by Gasteiger charge is 2.27. The zero-order chi connectivity index (χ0) is 6.69. The molecular weight excluding hydrogens is 185 g/mol. The Hall–Kier alpha value is -0.0700. The quantitative estimate of drug-likeness (QED) is 0.608. The standard InChI is InChI=1S/C6H7BrFN/c7-2-1-5-4-9-6(5)3-8/h5-6,9H,3-4H2/t5-,6+/m0/s1. The number of alkyl halides is 1. The number of hydrogen-bond donors (Lipinski definition) is 1. The van der Waals surface area contributed by atoms with E-state index in [1.54, 1.807) is 0 Å². The van der Waals surface area contributed by atoms with Crippen molar-refractivity contribution in [1.82, 2.24) is 5.32 Å². The molecule has 0 aromatic heterocycles. The van der Waals surface area contributed by atoms with Gasteiger partial charge in [-0.2, -0.15) is 0 Å².